The minimum Gasteiger partial charge on any atom is -0.467 e. The molecule has 1 saturated heterocycles. The summed E-state index contributed by atoms with van der Waals surface area (Å²) >= 11 is 0. The Hall–Kier alpha value is -2.98. The van der Waals surface area contributed by atoms with Crippen molar-refractivity contribution in [3.63, 3.8) is 0 Å². The number of hydrogen-bond donors (Lipinski definition) is 0. The molecule has 0 saturated carbocycles. The molecule has 9 nitrogen and oxygen atoms in total. The molecule has 10 heteroatoms. The van der Waals surface area contributed by atoms with Crippen molar-refractivity contribution in [2.24, 2.45) is 0 Å². The molecular weight excluding hydrogens is 430 g/mol. The van der Waals surface area contributed by atoms with Crippen LogP contribution in [0.2, 0.25) is 0 Å². The zero-order chi connectivity index (χ0) is 22.7. The summed E-state index contributed by atoms with van der Waals surface area (Å²) in [6.45, 7) is 2.47. The molecular formula is C22H27N5O4S. The predicted octanol–water partition coefficient (Wildman–Crippen LogP) is 2.07. The number of sulfone groups is 1. The minimum atomic E-state index is -3.11. The maximum absolute atomic E-state index is 13.3. The lowest BCUT2D eigenvalue weighted by Gasteiger charge is -2.31. The predicted molar refractivity (Wildman–Crippen MR) is 119 cm³/mol. The largest absolute Gasteiger partial charge is 0.467 e. The highest BCUT2D eigenvalue weighted by atomic mass is 32.2. The second-order valence-electron chi connectivity index (χ2n) is 8.18. The molecule has 2 atom stereocenters. The van der Waals surface area contributed by atoms with E-state index in [9.17, 15) is 13.2 Å². The van der Waals surface area contributed by atoms with Gasteiger partial charge in [0.1, 0.15) is 18.4 Å². The van der Waals surface area contributed by atoms with E-state index >= 15 is 0 Å². The summed E-state index contributed by atoms with van der Waals surface area (Å²) in [4.78, 5) is 20.8. The summed E-state index contributed by atoms with van der Waals surface area (Å²) < 4.78 is 31.1. The molecule has 3 heterocycles. The maximum atomic E-state index is 13.3. The van der Waals surface area contributed by atoms with E-state index in [-0.39, 0.29) is 42.6 Å². The van der Waals surface area contributed by atoms with E-state index < -0.39 is 9.84 Å². The van der Waals surface area contributed by atoms with E-state index in [0.717, 1.165) is 11.3 Å². The smallest absolute Gasteiger partial charge is 0.237 e. The fraction of sp³-hybridized carbons (Fsp3) is 0.409. The number of aromatic nitrogens is 3. The molecule has 3 aromatic rings. The molecule has 1 aliphatic heterocycles. The number of furan rings is 1. The lowest BCUT2D eigenvalue weighted by Crippen LogP contribution is -2.45. The van der Waals surface area contributed by atoms with Crippen LogP contribution in [0.1, 0.15) is 30.7 Å². The number of rotatable bonds is 8. The zero-order valence-corrected chi connectivity index (χ0v) is 19.0. The lowest BCUT2D eigenvalue weighted by atomic mass is 10.1. The van der Waals surface area contributed by atoms with Gasteiger partial charge in [0.15, 0.2) is 9.84 Å². The van der Waals surface area contributed by atoms with Gasteiger partial charge in [0, 0.05) is 12.1 Å². The zero-order valence-electron chi connectivity index (χ0n) is 18.2. The van der Waals surface area contributed by atoms with Crippen LogP contribution in [0.15, 0.2) is 59.7 Å². The number of benzene rings is 1. The Morgan fingerprint density at radius 1 is 1.28 bits per heavy atom. The quantitative estimate of drug-likeness (QED) is 0.510. The van der Waals surface area contributed by atoms with Gasteiger partial charge in [-0.3, -0.25) is 9.69 Å². The average molecular weight is 458 g/mol. The van der Waals surface area contributed by atoms with Crippen LogP contribution in [0.25, 0.3) is 5.69 Å². The third-order valence-corrected chi connectivity index (χ3v) is 7.73. The second kappa shape index (κ2) is 9.25. The molecule has 0 radical (unpaired) electrons. The maximum Gasteiger partial charge on any atom is 0.237 e. The van der Waals surface area contributed by atoms with Gasteiger partial charge in [-0.05, 0) is 50.2 Å². The Morgan fingerprint density at radius 3 is 2.66 bits per heavy atom. The van der Waals surface area contributed by atoms with Crippen molar-refractivity contribution in [1.29, 1.82) is 0 Å². The Bertz CT molecular complexity index is 1130. The molecule has 32 heavy (non-hydrogen) atoms. The first-order valence-corrected chi connectivity index (χ1v) is 12.3. The lowest BCUT2D eigenvalue weighted by molar-refractivity contribution is -0.135. The Morgan fingerprint density at radius 2 is 2.06 bits per heavy atom. The van der Waals surface area contributed by atoms with Crippen LogP contribution < -0.4 is 0 Å². The fourth-order valence-corrected chi connectivity index (χ4v) is 5.69. The van der Waals surface area contributed by atoms with E-state index in [1.165, 1.54) is 6.33 Å². The number of amides is 1. The van der Waals surface area contributed by atoms with Gasteiger partial charge < -0.3 is 9.32 Å². The highest BCUT2D eigenvalue weighted by Crippen LogP contribution is 2.23. The normalized spacial score (nSPS) is 18.7. The van der Waals surface area contributed by atoms with Gasteiger partial charge in [-0.2, -0.15) is 5.10 Å². The molecule has 1 aliphatic rings. The van der Waals surface area contributed by atoms with Gasteiger partial charge in [-0.1, -0.05) is 12.1 Å². The first-order valence-electron chi connectivity index (χ1n) is 10.5. The molecule has 0 bridgehead atoms. The molecule has 1 fully saturated rings. The number of carbonyl (C=O) groups excluding carboxylic acids is 1. The standard InChI is InChI=1S/C22H27N5O4S/c1-17(18-5-7-19(8-6-18)27-16-23-15-24-27)25(2)13-22(28)26(12-21-4-3-10-31-21)20-9-11-32(29,30)14-20/h3-8,10,15-17,20H,9,11-14H2,1-2H3. The van der Waals surface area contributed by atoms with E-state index in [0.29, 0.717) is 12.2 Å². The third-order valence-electron chi connectivity index (χ3n) is 5.98. The SMILES string of the molecule is CC(c1ccc(-n2cncn2)cc1)N(C)CC(=O)N(Cc1ccco1)C1CCS(=O)(=O)C1. The van der Waals surface area contributed by atoms with E-state index in [4.69, 9.17) is 4.42 Å². The first-order chi connectivity index (χ1) is 15.3. The van der Waals surface area contributed by atoms with Gasteiger partial charge in [0.25, 0.3) is 0 Å². The van der Waals surface area contributed by atoms with Crippen molar-refractivity contribution in [3.8, 4) is 5.69 Å². The molecule has 1 aromatic carbocycles. The van der Waals surface area contributed by atoms with Crippen molar-refractivity contribution in [1.82, 2.24) is 24.6 Å². The van der Waals surface area contributed by atoms with Gasteiger partial charge in [-0.25, -0.2) is 18.1 Å². The summed E-state index contributed by atoms with van der Waals surface area (Å²) in [5.41, 5.74) is 1.97. The van der Waals surface area contributed by atoms with Crippen LogP contribution in [0.3, 0.4) is 0 Å². The summed E-state index contributed by atoms with van der Waals surface area (Å²) in [5.74, 6) is 0.644. The van der Waals surface area contributed by atoms with Gasteiger partial charge >= 0.3 is 0 Å². The first kappa shape index (κ1) is 22.2. The average Bonchev–Trinajstić information content (AvgIpc) is 3.54. The van der Waals surface area contributed by atoms with Crippen molar-refractivity contribution in [2.45, 2.75) is 32.0 Å². The molecule has 0 N–H and O–H groups in total. The van der Waals surface area contributed by atoms with Crippen LogP contribution >= 0.6 is 0 Å². The number of hydrogen-bond acceptors (Lipinski definition) is 7. The van der Waals surface area contributed by atoms with E-state index in [2.05, 4.69) is 10.1 Å². The van der Waals surface area contributed by atoms with Crippen LogP contribution in [0.5, 0.6) is 0 Å². The topological polar surface area (TPSA) is 102 Å². The van der Waals surface area contributed by atoms with Crippen LogP contribution in [-0.2, 0) is 21.2 Å². The van der Waals surface area contributed by atoms with Gasteiger partial charge in [0.05, 0.1) is 36.5 Å². The van der Waals surface area contributed by atoms with Crippen LogP contribution in [0, 0.1) is 0 Å². The molecule has 170 valence electrons. The molecule has 2 aromatic heterocycles. The summed E-state index contributed by atoms with van der Waals surface area (Å²) in [6.07, 6.45) is 5.14. The Balaban J connectivity index is 1.44. The second-order valence-corrected chi connectivity index (χ2v) is 10.4. The Labute approximate surface area is 187 Å². The number of nitrogens with zero attached hydrogens (tertiary/aromatic N) is 5. The summed E-state index contributed by atoms with van der Waals surface area (Å²) in [6, 6.07) is 11.2. The van der Waals surface area contributed by atoms with Gasteiger partial charge in [-0.15, -0.1) is 0 Å². The van der Waals surface area contributed by atoms with Crippen molar-refractivity contribution in [2.75, 3.05) is 25.1 Å². The van der Waals surface area contributed by atoms with Crippen molar-refractivity contribution >= 4 is 15.7 Å². The number of likely N-dealkylation sites (N-methyl/N-ethyl adjacent to an activating group) is 1. The molecule has 0 aliphatic carbocycles. The minimum absolute atomic E-state index is 0.00244. The number of carbonyl (C=O) groups is 1. The molecule has 1 amide bonds. The van der Waals surface area contributed by atoms with E-state index in [1.807, 2.05) is 43.1 Å². The summed E-state index contributed by atoms with van der Waals surface area (Å²) in [5, 5.41) is 4.13. The van der Waals surface area contributed by atoms with Crippen molar-refractivity contribution in [3.05, 3.63) is 66.6 Å². The van der Waals surface area contributed by atoms with Crippen molar-refractivity contribution < 1.29 is 17.6 Å². The fourth-order valence-electron chi connectivity index (χ4n) is 3.96. The monoisotopic (exact) mass is 457 g/mol. The van der Waals surface area contributed by atoms with Crippen LogP contribution in [0.4, 0.5) is 0 Å². The highest BCUT2D eigenvalue weighted by molar-refractivity contribution is 7.91. The third kappa shape index (κ3) is 5.08. The Kier molecular flexibility index (Phi) is 6.43. The molecule has 2 unspecified atom stereocenters. The molecule has 0 spiro atoms. The summed E-state index contributed by atoms with van der Waals surface area (Å²) in [7, 11) is -1.22. The van der Waals surface area contributed by atoms with Gasteiger partial charge in [0.2, 0.25) is 5.91 Å². The van der Waals surface area contributed by atoms with E-state index in [1.54, 1.807) is 34.3 Å². The molecule has 4 rings (SSSR count). The van der Waals surface area contributed by atoms with Crippen LogP contribution in [-0.4, -0.2) is 70.0 Å². The highest BCUT2D eigenvalue weighted by Gasteiger charge is 2.35.